The fourth-order valence-corrected chi connectivity index (χ4v) is 2.36. The van der Waals surface area contributed by atoms with Gasteiger partial charge < -0.3 is 10.6 Å². The molecule has 1 atom stereocenters. The molecule has 0 spiro atoms. The van der Waals surface area contributed by atoms with Crippen LogP contribution in [0.15, 0.2) is 48.5 Å². The zero-order chi connectivity index (χ0) is 16.8. The second kappa shape index (κ2) is 7.79. The van der Waals surface area contributed by atoms with Crippen LogP contribution in [-0.4, -0.2) is 11.8 Å². The summed E-state index contributed by atoms with van der Waals surface area (Å²) >= 11 is 5.97. The van der Waals surface area contributed by atoms with Crippen molar-refractivity contribution in [2.45, 2.75) is 26.2 Å². The second-order valence-corrected chi connectivity index (χ2v) is 5.69. The van der Waals surface area contributed by atoms with Gasteiger partial charge in [-0.05, 0) is 36.1 Å². The van der Waals surface area contributed by atoms with Gasteiger partial charge in [-0.2, -0.15) is 0 Å². The highest BCUT2D eigenvalue weighted by Crippen LogP contribution is 2.26. The predicted molar refractivity (Wildman–Crippen MR) is 93.9 cm³/mol. The Morgan fingerprint density at radius 3 is 2.09 bits per heavy atom. The van der Waals surface area contributed by atoms with Crippen molar-refractivity contribution < 1.29 is 9.59 Å². The molecule has 2 aromatic carbocycles. The number of para-hydroxylation sites is 2. The van der Waals surface area contributed by atoms with Crippen molar-refractivity contribution >= 4 is 34.8 Å². The summed E-state index contributed by atoms with van der Waals surface area (Å²) in [6, 6.07) is 14.3. The molecule has 5 heteroatoms. The van der Waals surface area contributed by atoms with E-state index in [1.807, 2.05) is 18.2 Å². The topological polar surface area (TPSA) is 58.2 Å². The molecule has 0 heterocycles. The molecular formula is C18H19ClN2O2. The van der Waals surface area contributed by atoms with E-state index in [9.17, 15) is 9.59 Å². The molecule has 0 fully saturated rings. The molecule has 0 saturated carbocycles. The van der Waals surface area contributed by atoms with Crippen LogP contribution in [0.5, 0.6) is 0 Å². The first-order valence-electron chi connectivity index (χ1n) is 7.48. The van der Waals surface area contributed by atoms with Crippen LogP contribution in [0.2, 0.25) is 5.02 Å². The lowest BCUT2D eigenvalue weighted by molar-refractivity contribution is -0.133. The highest BCUT2D eigenvalue weighted by Gasteiger charge is 2.17. The third-order valence-corrected chi connectivity index (χ3v) is 4.01. The van der Waals surface area contributed by atoms with Crippen LogP contribution in [0.3, 0.4) is 0 Å². The van der Waals surface area contributed by atoms with E-state index in [1.54, 1.807) is 30.3 Å². The van der Waals surface area contributed by atoms with Crippen molar-refractivity contribution in [1.82, 2.24) is 0 Å². The van der Waals surface area contributed by atoms with E-state index >= 15 is 0 Å². The molecule has 2 rings (SSSR count). The largest absolute Gasteiger partial charge is 0.318 e. The van der Waals surface area contributed by atoms with Gasteiger partial charge in [0.2, 0.25) is 0 Å². The lowest BCUT2D eigenvalue weighted by Crippen LogP contribution is -2.29. The lowest BCUT2D eigenvalue weighted by atomic mass is 9.97. The number of carbonyl (C=O) groups is 2. The van der Waals surface area contributed by atoms with Gasteiger partial charge in [-0.1, -0.05) is 55.8 Å². The average molecular weight is 331 g/mol. The minimum absolute atomic E-state index is 0.290. The fourth-order valence-electron chi connectivity index (χ4n) is 2.18. The summed E-state index contributed by atoms with van der Waals surface area (Å²) in [6.45, 7) is 4.15. The van der Waals surface area contributed by atoms with Crippen molar-refractivity contribution in [2.75, 3.05) is 10.6 Å². The van der Waals surface area contributed by atoms with Gasteiger partial charge in [0.15, 0.2) is 0 Å². The maximum Gasteiger partial charge on any atom is 0.314 e. The van der Waals surface area contributed by atoms with Crippen LogP contribution in [-0.2, 0) is 9.59 Å². The minimum Gasteiger partial charge on any atom is -0.318 e. The Kier molecular flexibility index (Phi) is 5.77. The van der Waals surface area contributed by atoms with Crippen LogP contribution in [0.1, 0.15) is 31.7 Å². The van der Waals surface area contributed by atoms with Crippen LogP contribution in [0.4, 0.5) is 11.4 Å². The molecule has 4 nitrogen and oxygen atoms in total. The predicted octanol–water partition coefficient (Wildman–Crippen LogP) is 4.43. The van der Waals surface area contributed by atoms with E-state index in [4.69, 9.17) is 11.6 Å². The molecule has 120 valence electrons. The zero-order valence-corrected chi connectivity index (χ0v) is 13.9. The molecule has 0 radical (unpaired) electrons. The molecule has 0 aliphatic rings. The summed E-state index contributed by atoms with van der Waals surface area (Å²) in [7, 11) is 0. The minimum atomic E-state index is -0.753. The van der Waals surface area contributed by atoms with Crippen LogP contribution in [0, 0.1) is 0 Å². The number of carbonyl (C=O) groups excluding carboxylic acids is 2. The number of nitrogens with one attached hydrogen (secondary N) is 2. The maximum atomic E-state index is 12.1. The van der Waals surface area contributed by atoms with Crippen molar-refractivity contribution in [1.29, 1.82) is 0 Å². The average Bonchev–Trinajstić information content (AvgIpc) is 2.56. The fraction of sp³-hybridized carbons (Fsp3) is 0.222. The van der Waals surface area contributed by atoms with Crippen LogP contribution >= 0.6 is 11.6 Å². The maximum absolute atomic E-state index is 12.1. The van der Waals surface area contributed by atoms with Crippen molar-refractivity contribution in [3.63, 3.8) is 0 Å². The molecule has 0 saturated heterocycles. The molecule has 0 aliphatic carbocycles. The molecule has 2 aromatic rings. The number of anilines is 2. The summed E-state index contributed by atoms with van der Waals surface area (Å²) in [5, 5.41) is 5.56. The molecule has 0 bridgehead atoms. The van der Waals surface area contributed by atoms with Gasteiger partial charge in [0.05, 0.1) is 10.7 Å². The molecule has 2 amide bonds. The van der Waals surface area contributed by atoms with E-state index in [0.717, 1.165) is 12.0 Å². The Hall–Kier alpha value is -2.33. The molecule has 0 aliphatic heterocycles. The van der Waals surface area contributed by atoms with E-state index in [0.29, 0.717) is 16.4 Å². The van der Waals surface area contributed by atoms with Crippen molar-refractivity contribution in [3.8, 4) is 0 Å². The summed E-state index contributed by atoms with van der Waals surface area (Å²) in [4.78, 5) is 24.2. The number of hydrogen-bond donors (Lipinski definition) is 2. The third-order valence-electron chi connectivity index (χ3n) is 3.68. The second-order valence-electron chi connectivity index (χ2n) is 5.28. The molecule has 2 N–H and O–H groups in total. The number of amides is 2. The first-order valence-corrected chi connectivity index (χ1v) is 7.86. The summed E-state index contributed by atoms with van der Waals surface area (Å²) in [6.07, 6.45) is 0.943. The van der Waals surface area contributed by atoms with Crippen molar-refractivity contribution in [2.24, 2.45) is 0 Å². The molecule has 1 unspecified atom stereocenters. The van der Waals surface area contributed by atoms with Gasteiger partial charge in [-0.15, -0.1) is 0 Å². The van der Waals surface area contributed by atoms with Gasteiger partial charge in [0.25, 0.3) is 0 Å². The number of rotatable bonds is 4. The molecular weight excluding hydrogens is 312 g/mol. The number of halogens is 1. The summed E-state index contributed by atoms with van der Waals surface area (Å²) < 4.78 is 0. The van der Waals surface area contributed by atoms with Gasteiger partial charge in [-0.25, -0.2) is 0 Å². The Morgan fingerprint density at radius 1 is 0.957 bits per heavy atom. The van der Waals surface area contributed by atoms with Crippen molar-refractivity contribution in [3.05, 3.63) is 59.1 Å². The first kappa shape index (κ1) is 17.0. The zero-order valence-electron chi connectivity index (χ0n) is 13.1. The monoisotopic (exact) mass is 330 g/mol. The lowest BCUT2D eigenvalue weighted by Gasteiger charge is -2.15. The van der Waals surface area contributed by atoms with Crippen LogP contribution < -0.4 is 10.6 Å². The Labute approximate surface area is 140 Å². The quantitative estimate of drug-likeness (QED) is 0.815. The molecule has 23 heavy (non-hydrogen) atoms. The third kappa shape index (κ3) is 4.33. The van der Waals surface area contributed by atoms with Gasteiger partial charge in [-0.3, -0.25) is 9.59 Å². The standard InChI is InChI=1S/C18H19ClN2O2/c1-3-12(2)13-8-4-6-10-15(13)20-17(22)18(23)21-16-11-7-5-9-14(16)19/h4-12H,3H2,1-2H3,(H,20,22)(H,21,23). The molecule has 0 aromatic heterocycles. The summed E-state index contributed by atoms with van der Waals surface area (Å²) in [5.41, 5.74) is 2.07. The summed E-state index contributed by atoms with van der Waals surface area (Å²) in [5.74, 6) is -1.18. The highest BCUT2D eigenvalue weighted by molar-refractivity contribution is 6.44. The SMILES string of the molecule is CCC(C)c1ccccc1NC(=O)C(=O)Nc1ccccc1Cl. The Morgan fingerprint density at radius 2 is 1.48 bits per heavy atom. The van der Waals surface area contributed by atoms with E-state index in [1.165, 1.54) is 0 Å². The Balaban J connectivity index is 2.10. The smallest absolute Gasteiger partial charge is 0.314 e. The highest BCUT2D eigenvalue weighted by atomic mass is 35.5. The normalized spacial score (nSPS) is 11.6. The number of benzene rings is 2. The van der Waals surface area contributed by atoms with Gasteiger partial charge in [0, 0.05) is 5.69 Å². The Bertz CT molecular complexity index is 716. The van der Waals surface area contributed by atoms with Gasteiger partial charge >= 0.3 is 11.8 Å². The first-order chi connectivity index (χ1) is 11.0. The number of hydrogen-bond acceptors (Lipinski definition) is 2. The van der Waals surface area contributed by atoms with Gasteiger partial charge in [0.1, 0.15) is 0 Å². The van der Waals surface area contributed by atoms with E-state index in [-0.39, 0.29) is 5.92 Å². The van der Waals surface area contributed by atoms with Crippen LogP contribution in [0.25, 0.3) is 0 Å². The van der Waals surface area contributed by atoms with E-state index < -0.39 is 11.8 Å². The van der Waals surface area contributed by atoms with E-state index in [2.05, 4.69) is 24.5 Å².